The molecular formula is Cl2O6Sr. The van der Waals surface area contributed by atoms with E-state index in [1.807, 2.05) is 0 Å². The van der Waals surface area contributed by atoms with Crippen molar-refractivity contribution in [3.8, 4) is 0 Å². The van der Waals surface area contributed by atoms with Crippen molar-refractivity contribution >= 4 is 45.5 Å². The molecule has 9 heavy (non-hydrogen) atoms. The molecule has 0 aromatic rings. The van der Waals surface area contributed by atoms with Gasteiger partial charge in [0, 0.05) is 0 Å². The summed E-state index contributed by atoms with van der Waals surface area (Å²) >= 11 is 0. The monoisotopic (exact) mass is 254 g/mol. The van der Waals surface area contributed by atoms with Crippen LogP contribution in [0, 0.1) is 21.6 Å². The van der Waals surface area contributed by atoms with Crippen LogP contribution in [0.4, 0.5) is 0 Å². The molecule has 0 amide bonds. The molecule has 0 N–H and O–H groups in total. The Morgan fingerprint density at radius 1 is 0.556 bits per heavy atom. The molecule has 0 aromatic heterocycles. The van der Waals surface area contributed by atoms with Crippen molar-refractivity contribution < 1.29 is 49.5 Å². The molecule has 0 radical (unpaired) electrons. The Morgan fingerprint density at radius 2 is 0.556 bits per heavy atom. The molecule has 0 aromatic carbocycles. The SMILES string of the molecule is [O-][Cl+2]([O-])[O-].[O-][Cl+2]([O-])[O-].[Sr+2]. The zero-order valence-electron chi connectivity index (χ0n) is 3.91. The standard InChI is InChI=1S/2ClO3.Sr/c2*2-1(3)4;/q2*-1;+2. The largest absolute Gasteiger partial charge is 2.00 e. The van der Waals surface area contributed by atoms with E-state index in [9.17, 15) is 0 Å². The van der Waals surface area contributed by atoms with E-state index in [1.54, 1.807) is 0 Å². The Balaban J connectivity index is -0.0000000720. The molecule has 0 saturated heterocycles. The summed E-state index contributed by atoms with van der Waals surface area (Å²) in [6, 6.07) is 0. The quantitative estimate of drug-likeness (QED) is 0.393. The van der Waals surface area contributed by atoms with Crippen LogP contribution in [0.25, 0.3) is 0 Å². The minimum atomic E-state index is -2.85. The van der Waals surface area contributed by atoms with Gasteiger partial charge >= 0.3 is 45.5 Å². The second-order valence-corrected chi connectivity index (χ2v) is 1.13. The van der Waals surface area contributed by atoms with Crippen molar-refractivity contribution in [2.24, 2.45) is 0 Å². The first-order chi connectivity index (χ1) is 3.46. The van der Waals surface area contributed by atoms with E-state index in [0.29, 0.717) is 0 Å². The third-order valence-electron chi connectivity index (χ3n) is 0. The number of halogens is 2. The number of rotatable bonds is 0. The normalized spacial score (nSPS) is 8.00. The number of hydrogen-bond acceptors (Lipinski definition) is 6. The van der Waals surface area contributed by atoms with Crippen LogP contribution in [0.2, 0.25) is 0 Å². The molecule has 0 heterocycles. The second kappa shape index (κ2) is 12.5. The van der Waals surface area contributed by atoms with Gasteiger partial charge in [0.05, 0.1) is 21.6 Å². The Morgan fingerprint density at radius 3 is 0.556 bits per heavy atom. The fraction of sp³-hybridized carbons (Fsp3) is 0. The van der Waals surface area contributed by atoms with Gasteiger partial charge in [-0.05, 0) is 0 Å². The predicted octanol–water partition coefficient (Wildman–Crippen LogP) is -7.51. The molecule has 0 aliphatic carbocycles. The summed E-state index contributed by atoms with van der Waals surface area (Å²) in [5.74, 6) is 0. The maximum absolute atomic E-state index is 8.41. The van der Waals surface area contributed by atoms with Gasteiger partial charge in [-0.2, -0.15) is 0 Å². The van der Waals surface area contributed by atoms with E-state index in [4.69, 9.17) is 28.0 Å². The van der Waals surface area contributed by atoms with Gasteiger partial charge in [-0.1, -0.05) is 0 Å². The van der Waals surface area contributed by atoms with E-state index in [1.165, 1.54) is 0 Å². The summed E-state index contributed by atoms with van der Waals surface area (Å²) in [5.41, 5.74) is 0. The summed E-state index contributed by atoms with van der Waals surface area (Å²) in [4.78, 5) is 0. The van der Waals surface area contributed by atoms with Gasteiger partial charge in [-0.3, -0.25) is 0 Å². The van der Waals surface area contributed by atoms with Crippen molar-refractivity contribution in [3.63, 3.8) is 0 Å². The van der Waals surface area contributed by atoms with Crippen molar-refractivity contribution in [2.45, 2.75) is 0 Å². The van der Waals surface area contributed by atoms with Crippen LogP contribution in [0.5, 0.6) is 0 Å². The summed E-state index contributed by atoms with van der Waals surface area (Å²) in [6.07, 6.45) is 0. The first kappa shape index (κ1) is 17.1. The Bertz CT molecular complexity index is 26.5. The molecule has 0 unspecified atom stereocenters. The zero-order chi connectivity index (χ0) is 7.15. The third kappa shape index (κ3) is 181. The molecule has 0 aliphatic rings. The van der Waals surface area contributed by atoms with Gasteiger partial charge in [0.1, 0.15) is 0 Å². The van der Waals surface area contributed by atoms with Crippen molar-refractivity contribution in [1.82, 2.24) is 0 Å². The molecule has 0 aliphatic heterocycles. The van der Waals surface area contributed by atoms with Crippen LogP contribution < -0.4 is 28.0 Å². The van der Waals surface area contributed by atoms with Crippen molar-refractivity contribution in [3.05, 3.63) is 0 Å². The van der Waals surface area contributed by atoms with Crippen LogP contribution in [0.3, 0.4) is 0 Å². The molecule has 9 heteroatoms. The minimum Gasteiger partial charge on any atom is -0.357 e. The molecule has 52 valence electrons. The molecule has 0 spiro atoms. The minimum absolute atomic E-state index is 0. The summed E-state index contributed by atoms with van der Waals surface area (Å²) in [5, 5.41) is 0. The molecule has 0 rings (SSSR count). The fourth-order valence-electron chi connectivity index (χ4n) is 0. The summed E-state index contributed by atoms with van der Waals surface area (Å²) < 4.78 is 50.4. The van der Waals surface area contributed by atoms with Gasteiger partial charge in [0.2, 0.25) is 0 Å². The van der Waals surface area contributed by atoms with Crippen LogP contribution in [0.1, 0.15) is 0 Å². The maximum Gasteiger partial charge on any atom is 2.00 e. The van der Waals surface area contributed by atoms with Crippen LogP contribution in [0.15, 0.2) is 0 Å². The Hall–Kier alpha value is 1.82. The zero-order valence-corrected chi connectivity index (χ0v) is 8.90. The molecular weight excluding hydrogens is 255 g/mol. The van der Waals surface area contributed by atoms with E-state index >= 15 is 0 Å². The topological polar surface area (TPSA) is 138 Å². The predicted molar refractivity (Wildman–Crippen MR) is 5.75 cm³/mol. The van der Waals surface area contributed by atoms with Gasteiger partial charge in [0.25, 0.3) is 0 Å². The number of hydrogen-bond donors (Lipinski definition) is 0. The van der Waals surface area contributed by atoms with Gasteiger partial charge in [-0.25, -0.2) is 0 Å². The third-order valence-corrected chi connectivity index (χ3v) is 0. The van der Waals surface area contributed by atoms with E-state index in [0.717, 1.165) is 0 Å². The average molecular weight is 255 g/mol. The van der Waals surface area contributed by atoms with Crippen LogP contribution >= 0.6 is 0 Å². The van der Waals surface area contributed by atoms with E-state index in [2.05, 4.69) is 0 Å². The van der Waals surface area contributed by atoms with Gasteiger partial charge in [0.15, 0.2) is 0 Å². The fourth-order valence-corrected chi connectivity index (χ4v) is 0. The molecule has 0 saturated carbocycles. The van der Waals surface area contributed by atoms with Gasteiger partial charge < -0.3 is 28.0 Å². The first-order valence-corrected chi connectivity index (χ1v) is 2.78. The second-order valence-electron chi connectivity index (χ2n) is 0.378. The Kier molecular flexibility index (Phi) is 23.7. The van der Waals surface area contributed by atoms with E-state index < -0.39 is 21.6 Å². The smallest absolute Gasteiger partial charge is 0.357 e. The summed E-state index contributed by atoms with van der Waals surface area (Å²) in [7, 11) is -5.70. The molecule has 0 atom stereocenters. The summed E-state index contributed by atoms with van der Waals surface area (Å²) in [6.45, 7) is 0. The molecule has 6 nitrogen and oxygen atoms in total. The van der Waals surface area contributed by atoms with Crippen molar-refractivity contribution in [2.75, 3.05) is 0 Å². The first-order valence-electron chi connectivity index (χ1n) is 0.926. The van der Waals surface area contributed by atoms with Crippen LogP contribution in [-0.2, 0) is 0 Å². The van der Waals surface area contributed by atoms with Gasteiger partial charge in [-0.15, -0.1) is 0 Å². The van der Waals surface area contributed by atoms with Crippen molar-refractivity contribution in [1.29, 1.82) is 0 Å². The van der Waals surface area contributed by atoms with E-state index in [-0.39, 0.29) is 45.5 Å². The molecule has 0 bridgehead atoms. The Labute approximate surface area is 93.8 Å². The van der Waals surface area contributed by atoms with Crippen LogP contribution in [-0.4, -0.2) is 45.5 Å². The average Bonchev–Trinajstić information content (AvgIpc) is 1.25. The molecule has 0 fully saturated rings. The maximum atomic E-state index is 8.41.